The maximum absolute atomic E-state index is 5.49. The Labute approximate surface area is 128 Å². The predicted octanol–water partition coefficient (Wildman–Crippen LogP) is 2.48. The van der Waals surface area contributed by atoms with Crippen LogP contribution >= 0.6 is 0 Å². The fraction of sp³-hybridized carbons (Fsp3) is 0.556. The number of hydrogen-bond acceptors (Lipinski definition) is 3. The Morgan fingerprint density at radius 1 is 1.33 bits per heavy atom. The first-order valence-corrected chi connectivity index (χ1v) is 7.72. The van der Waals surface area contributed by atoms with E-state index >= 15 is 0 Å². The van der Waals surface area contributed by atoms with E-state index in [0.29, 0.717) is 6.54 Å². The van der Waals surface area contributed by atoms with Crippen LogP contribution in [0.2, 0.25) is 0 Å². The lowest BCUT2D eigenvalue weighted by atomic mass is 9.88. The van der Waals surface area contributed by atoms with Gasteiger partial charge in [-0.1, -0.05) is 25.7 Å². The Hall–Kier alpha value is -1.50. The maximum Gasteiger partial charge on any atom is 0.119 e. The van der Waals surface area contributed by atoms with Crippen LogP contribution in [0.5, 0.6) is 5.75 Å². The first kappa shape index (κ1) is 15.9. The van der Waals surface area contributed by atoms with Crippen LogP contribution < -0.4 is 10.5 Å². The Balaban J connectivity index is 2.17. The average molecular weight is 286 g/mol. The smallest absolute Gasteiger partial charge is 0.119 e. The van der Waals surface area contributed by atoms with Crippen LogP contribution in [0.15, 0.2) is 18.2 Å². The van der Waals surface area contributed by atoms with Gasteiger partial charge in [-0.3, -0.25) is 4.90 Å². The highest BCUT2D eigenvalue weighted by atomic mass is 16.5. The third-order valence-corrected chi connectivity index (χ3v) is 4.45. The van der Waals surface area contributed by atoms with Gasteiger partial charge in [-0.05, 0) is 48.6 Å². The summed E-state index contributed by atoms with van der Waals surface area (Å²) < 4.78 is 5.35. The topological polar surface area (TPSA) is 38.5 Å². The van der Waals surface area contributed by atoms with Crippen molar-refractivity contribution in [1.82, 2.24) is 4.90 Å². The lowest BCUT2D eigenvalue weighted by Crippen LogP contribution is -2.38. The molecule has 0 aromatic heterocycles. The molecular formula is C18H26N2O. The molecule has 0 saturated carbocycles. The van der Waals surface area contributed by atoms with Crippen molar-refractivity contribution in [3.8, 4) is 17.6 Å². The summed E-state index contributed by atoms with van der Waals surface area (Å²) in [7, 11) is 1.70. The second-order valence-corrected chi connectivity index (χ2v) is 6.01. The lowest BCUT2D eigenvalue weighted by Gasteiger charge is -2.35. The molecule has 3 heteroatoms. The minimum atomic E-state index is 0.393. The molecule has 0 amide bonds. The third-order valence-electron chi connectivity index (χ3n) is 4.45. The molecular weight excluding hydrogens is 260 g/mol. The van der Waals surface area contributed by atoms with Crippen LogP contribution in [0.25, 0.3) is 0 Å². The quantitative estimate of drug-likeness (QED) is 0.868. The monoisotopic (exact) mass is 286 g/mol. The third kappa shape index (κ3) is 4.23. The molecule has 1 heterocycles. The molecule has 0 spiro atoms. The summed E-state index contributed by atoms with van der Waals surface area (Å²) in [5.41, 5.74) is 7.79. The number of likely N-dealkylation sites (tertiary alicyclic amines) is 1. The number of ether oxygens (including phenoxy) is 1. The van der Waals surface area contributed by atoms with Gasteiger partial charge in [0.1, 0.15) is 5.75 Å². The fourth-order valence-corrected chi connectivity index (χ4v) is 2.83. The first-order chi connectivity index (χ1) is 10.1. The molecule has 114 valence electrons. The van der Waals surface area contributed by atoms with Crippen LogP contribution in [0, 0.1) is 23.7 Å². The van der Waals surface area contributed by atoms with Gasteiger partial charge in [0, 0.05) is 18.7 Å². The molecule has 1 aromatic carbocycles. The molecule has 2 rings (SSSR count). The van der Waals surface area contributed by atoms with E-state index in [1.807, 2.05) is 12.1 Å². The minimum Gasteiger partial charge on any atom is -0.497 e. The highest BCUT2D eigenvalue weighted by Gasteiger charge is 2.23. The summed E-state index contributed by atoms with van der Waals surface area (Å²) in [5, 5.41) is 0. The number of nitrogens with zero attached hydrogens (tertiary/aromatic N) is 1. The van der Waals surface area contributed by atoms with Crippen LogP contribution in [-0.2, 0) is 6.54 Å². The van der Waals surface area contributed by atoms with E-state index in [2.05, 4.69) is 36.7 Å². The average Bonchev–Trinajstić information content (AvgIpc) is 2.49. The Kier molecular flexibility index (Phi) is 5.67. The van der Waals surface area contributed by atoms with E-state index in [0.717, 1.165) is 42.8 Å². The van der Waals surface area contributed by atoms with Gasteiger partial charge in [0.25, 0.3) is 0 Å². The predicted molar refractivity (Wildman–Crippen MR) is 87.1 cm³/mol. The molecule has 2 atom stereocenters. The summed E-state index contributed by atoms with van der Waals surface area (Å²) in [6, 6.07) is 6.10. The standard InChI is InChI=1S/C18H26N2O/c1-14-8-10-20(12-15(14)2)13-17-11-18(21-3)7-6-16(17)5-4-9-19/h6-7,11,14-15H,8-10,12-13,19H2,1-3H3. The van der Waals surface area contributed by atoms with E-state index in [4.69, 9.17) is 10.5 Å². The molecule has 0 radical (unpaired) electrons. The van der Waals surface area contributed by atoms with E-state index < -0.39 is 0 Å². The largest absolute Gasteiger partial charge is 0.497 e. The van der Waals surface area contributed by atoms with Crippen molar-refractivity contribution in [3.63, 3.8) is 0 Å². The normalized spacial score (nSPS) is 22.5. The first-order valence-electron chi connectivity index (χ1n) is 7.72. The summed E-state index contributed by atoms with van der Waals surface area (Å²) in [6.45, 7) is 8.34. The number of piperidine rings is 1. The lowest BCUT2D eigenvalue weighted by molar-refractivity contribution is 0.132. The van der Waals surface area contributed by atoms with Gasteiger partial charge in [-0.2, -0.15) is 0 Å². The molecule has 1 aliphatic rings. The molecule has 1 saturated heterocycles. The van der Waals surface area contributed by atoms with Crippen LogP contribution in [0.1, 0.15) is 31.4 Å². The Morgan fingerprint density at radius 2 is 2.14 bits per heavy atom. The van der Waals surface area contributed by atoms with Crippen molar-refractivity contribution in [1.29, 1.82) is 0 Å². The van der Waals surface area contributed by atoms with Gasteiger partial charge in [0.2, 0.25) is 0 Å². The molecule has 2 unspecified atom stereocenters. The van der Waals surface area contributed by atoms with Crippen molar-refractivity contribution >= 4 is 0 Å². The zero-order valence-corrected chi connectivity index (χ0v) is 13.4. The number of nitrogens with two attached hydrogens (primary N) is 1. The van der Waals surface area contributed by atoms with Crippen molar-refractivity contribution < 1.29 is 4.74 Å². The van der Waals surface area contributed by atoms with Crippen LogP contribution in [0.3, 0.4) is 0 Å². The van der Waals surface area contributed by atoms with E-state index in [9.17, 15) is 0 Å². The van der Waals surface area contributed by atoms with Crippen molar-refractivity contribution in [3.05, 3.63) is 29.3 Å². The van der Waals surface area contributed by atoms with Crippen molar-refractivity contribution in [2.24, 2.45) is 17.6 Å². The molecule has 2 N–H and O–H groups in total. The van der Waals surface area contributed by atoms with Gasteiger partial charge in [-0.25, -0.2) is 0 Å². The number of hydrogen-bond donors (Lipinski definition) is 1. The summed E-state index contributed by atoms with van der Waals surface area (Å²) in [6.07, 6.45) is 1.27. The van der Waals surface area contributed by atoms with Gasteiger partial charge < -0.3 is 10.5 Å². The van der Waals surface area contributed by atoms with Crippen LogP contribution in [0.4, 0.5) is 0 Å². The Morgan fingerprint density at radius 3 is 2.81 bits per heavy atom. The Bertz CT molecular complexity index is 530. The van der Waals surface area contributed by atoms with Crippen molar-refractivity contribution in [2.45, 2.75) is 26.8 Å². The van der Waals surface area contributed by atoms with Gasteiger partial charge in [0.15, 0.2) is 0 Å². The van der Waals surface area contributed by atoms with Gasteiger partial charge >= 0.3 is 0 Å². The summed E-state index contributed by atoms with van der Waals surface area (Å²) in [4.78, 5) is 2.52. The van der Waals surface area contributed by atoms with Crippen LogP contribution in [-0.4, -0.2) is 31.6 Å². The fourth-order valence-electron chi connectivity index (χ4n) is 2.83. The highest BCUT2D eigenvalue weighted by Crippen LogP contribution is 2.25. The molecule has 21 heavy (non-hydrogen) atoms. The van der Waals surface area contributed by atoms with E-state index in [1.165, 1.54) is 12.0 Å². The minimum absolute atomic E-state index is 0.393. The van der Waals surface area contributed by atoms with E-state index in [1.54, 1.807) is 7.11 Å². The SMILES string of the molecule is COc1ccc(C#CCN)c(CN2CCC(C)C(C)C2)c1. The second-order valence-electron chi connectivity index (χ2n) is 6.01. The van der Waals surface area contributed by atoms with E-state index in [-0.39, 0.29) is 0 Å². The van der Waals surface area contributed by atoms with Gasteiger partial charge in [0.05, 0.1) is 13.7 Å². The summed E-state index contributed by atoms with van der Waals surface area (Å²) in [5.74, 6) is 8.60. The van der Waals surface area contributed by atoms with Crippen molar-refractivity contribution in [2.75, 3.05) is 26.7 Å². The molecule has 1 aromatic rings. The zero-order valence-electron chi connectivity index (χ0n) is 13.4. The molecule has 0 aliphatic carbocycles. The number of methoxy groups -OCH3 is 1. The highest BCUT2D eigenvalue weighted by molar-refractivity contribution is 5.45. The summed E-state index contributed by atoms with van der Waals surface area (Å²) >= 11 is 0. The molecule has 0 bridgehead atoms. The maximum atomic E-state index is 5.49. The number of rotatable bonds is 3. The molecule has 1 aliphatic heterocycles. The zero-order chi connectivity index (χ0) is 15.2. The molecule has 1 fully saturated rings. The second kappa shape index (κ2) is 7.49. The van der Waals surface area contributed by atoms with Gasteiger partial charge in [-0.15, -0.1) is 0 Å². The molecule has 3 nitrogen and oxygen atoms in total. The number of benzene rings is 1.